The molecule has 5 nitrogen and oxygen atoms in total. The lowest BCUT2D eigenvalue weighted by Gasteiger charge is -2.35. The van der Waals surface area contributed by atoms with E-state index in [1.807, 2.05) is 31.2 Å². The number of rotatable bonds is 9. The van der Waals surface area contributed by atoms with Gasteiger partial charge < -0.3 is 19.3 Å². The number of hydrogen-bond donors (Lipinski definition) is 1. The molecule has 3 aromatic rings. The fourth-order valence-corrected chi connectivity index (χ4v) is 3.81. The topological polar surface area (TPSA) is 65.0 Å². The van der Waals surface area contributed by atoms with Crippen LogP contribution in [0.25, 0.3) is 6.08 Å². The summed E-state index contributed by atoms with van der Waals surface area (Å²) in [6.45, 7) is 3.47. The smallest absolute Gasteiger partial charge is 0.432 e. The van der Waals surface area contributed by atoms with Crippen molar-refractivity contribution in [3.63, 3.8) is 0 Å². The van der Waals surface area contributed by atoms with E-state index < -0.39 is 35.5 Å². The summed E-state index contributed by atoms with van der Waals surface area (Å²) in [4.78, 5) is 13.3. The zero-order chi connectivity index (χ0) is 26.3. The Balaban J connectivity index is 1.98. The Morgan fingerprint density at radius 2 is 1.56 bits per heavy atom. The summed E-state index contributed by atoms with van der Waals surface area (Å²) in [5, 5.41) is 9.67. The summed E-state index contributed by atoms with van der Waals surface area (Å²) in [5.74, 6) is -1.25. The molecule has 0 aliphatic carbocycles. The van der Waals surface area contributed by atoms with Crippen LogP contribution < -0.4 is 4.74 Å². The predicted octanol–water partition coefficient (Wildman–Crippen LogP) is 6.58. The van der Waals surface area contributed by atoms with Gasteiger partial charge in [-0.25, -0.2) is 4.79 Å². The van der Waals surface area contributed by atoms with E-state index in [2.05, 4.69) is 0 Å². The number of methoxy groups -OCH3 is 1. The van der Waals surface area contributed by atoms with Gasteiger partial charge in [-0.3, -0.25) is 0 Å². The molecule has 0 fully saturated rings. The lowest BCUT2D eigenvalue weighted by atomic mass is 9.92. The van der Waals surface area contributed by atoms with Crippen molar-refractivity contribution in [3.05, 3.63) is 102 Å². The Morgan fingerprint density at radius 3 is 2.08 bits per heavy atom. The highest BCUT2D eigenvalue weighted by Crippen LogP contribution is 2.44. The van der Waals surface area contributed by atoms with Gasteiger partial charge in [-0.15, -0.1) is 0 Å². The molecule has 36 heavy (non-hydrogen) atoms. The van der Waals surface area contributed by atoms with Gasteiger partial charge in [0.2, 0.25) is 0 Å². The van der Waals surface area contributed by atoms with Crippen molar-refractivity contribution in [3.8, 4) is 11.5 Å². The zero-order valence-electron chi connectivity index (χ0n) is 20.0. The number of halogens is 3. The molecule has 0 aromatic heterocycles. The Bertz CT molecular complexity index is 1160. The van der Waals surface area contributed by atoms with Crippen molar-refractivity contribution < 1.29 is 37.3 Å². The third-order valence-corrected chi connectivity index (χ3v) is 5.62. The lowest BCUT2D eigenvalue weighted by molar-refractivity contribution is -0.279. The molecular formula is C28H27F3O5. The van der Waals surface area contributed by atoms with Gasteiger partial charge in [-0.1, -0.05) is 66.7 Å². The second-order valence-electron chi connectivity index (χ2n) is 8.06. The first-order chi connectivity index (χ1) is 17.1. The molecular weight excluding hydrogens is 473 g/mol. The first kappa shape index (κ1) is 26.8. The maximum Gasteiger partial charge on any atom is 0.432 e. The van der Waals surface area contributed by atoms with E-state index in [9.17, 15) is 23.1 Å². The summed E-state index contributed by atoms with van der Waals surface area (Å²) in [6, 6.07) is 19.2. The fourth-order valence-electron chi connectivity index (χ4n) is 3.81. The average Bonchev–Trinajstić information content (AvgIpc) is 2.85. The van der Waals surface area contributed by atoms with Crippen LogP contribution in [0, 0.1) is 0 Å². The number of benzene rings is 3. The van der Waals surface area contributed by atoms with Crippen molar-refractivity contribution in [2.24, 2.45) is 0 Å². The molecule has 0 amide bonds. The van der Waals surface area contributed by atoms with Crippen LogP contribution in [-0.4, -0.2) is 30.5 Å². The van der Waals surface area contributed by atoms with Gasteiger partial charge in [0.25, 0.3) is 5.60 Å². The molecule has 1 N–H and O–H groups in total. The van der Waals surface area contributed by atoms with E-state index in [4.69, 9.17) is 14.2 Å². The molecule has 0 saturated heterocycles. The summed E-state index contributed by atoms with van der Waals surface area (Å²) < 4.78 is 59.4. The molecule has 0 unspecified atom stereocenters. The van der Waals surface area contributed by atoms with E-state index in [1.54, 1.807) is 19.1 Å². The molecule has 0 aliphatic heterocycles. The number of allylic oxidation sites excluding steroid dienone is 1. The summed E-state index contributed by atoms with van der Waals surface area (Å²) in [7, 11) is 0.809. The van der Waals surface area contributed by atoms with Crippen LogP contribution in [0.1, 0.15) is 36.6 Å². The molecule has 8 heteroatoms. The van der Waals surface area contributed by atoms with Gasteiger partial charge in [0.05, 0.1) is 0 Å². The number of hydrogen-bond acceptors (Lipinski definition) is 5. The van der Waals surface area contributed by atoms with Gasteiger partial charge >= 0.3 is 12.1 Å². The summed E-state index contributed by atoms with van der Waals surface area (Å²) in [6.07, 6.45) is -3.49. The normalized spacial score (nSPS) is 15.2. The number of phenols is 1. The molecule has 3 aromatic carbocycles. The van der Waals surface area contributed by atoms with Crippen molar-refractivity contribution in [1.29, 1.82) is 0 Å². The summed E-state index contributed by atoms with van der Waals surface area (Å²) in [5.41, 5.74) is -2.49. The maximum absolute atomic E-state index is 14.4. The van der Waals surface area contributed by atoms with Crippen LogP contribution in [-0.2, 0) is 19.9 Å². The third kappa shape index (κ3) is 5.71. The highest BCUT2D eigenvalue weighted by Gasteiger charge is 2.64. The molecule has 0 radical (unpaired) electrons. The molecule has 190 valence electrons. The lowest BCUT2D eigenvalue weighted by Crippen LogP contribution is -2.52. The number of ether oxygens (including phenoxy) is 3. The first-order valence-electron chi connectivity index (χ1n) is 11.2. The van der Waals surface area contributed by atoms with E-state index in [1.165, 1.54) is 42.5 Å². The number of aromatic hydroxyl groups is 1. The quantitative estimate of drug-likeness (QED) is 0.336. The third-order valence-electron chi connectivity index (χ3n) is 5.62. The monoisotopic (exact) mass is 500 g/mol. The second-order valence-corrected chi connectivity index (χ2v) is 8.06. The minimum atomic E-state index is -5.12. The van der Waals surface area contributed by atoms with E-state index in [-0.39, 0.29) is 5.75 Å². The minimum Gasteiger partial charge on any atom is -0.508 e. The van der Waals surface area contributed by atoms with Crippen LogP contribution in [0.15, 0.2) is 84.9 Å². The molecule has 0 bridgehead atoms. The number of alkyl halides is 3. The molecule has 0 aliphatic rings. The van der Waals surface area contributed by atoms with Crippen LogP contribution >= 0.6 is 0 Å². The Labute approximate surface area is 207 Å². The highest BCUT2D eigenvalue weighted by atomic mass is 19.4. The van der Waals surface area contributed by atoms with Gasteiger partial charge in [-0.05, 0) is 49.2 Å². The van der Waals surface area contributed by atoms with Crippen molar-refractivity contribution >= 4 is 12.0 Å². The Morgan fingerprint density at radius 1 is 0.944 bits per heavy atom. The first-order valence-corrected chi connectivity index (χ1v) is 11.2. The molecule has 0 heterocycles. The Hall–Kier alpha value is -3.78. The molecule has 3 atom stereocenters. The number of carbonyl (C=O) groups is 1. The van der Waals surface area contributed by atoms with Crippen molar-refractivity contribution in [2.75, 3.05) is 7.11 Å². The Kier molecular flexibility index (Phi) is 8.42. The van der Waals surface area contributed by atoms with Gasteiger partial charge in [-0.2, -0.15) is 13.2 Å². The van der Waals surface area contributed by atoms with E-state index in [0.29, 0.717) is 11.3 Å². The predicted molar refractivity (Wildman–Crippen MR) is 129 cm³/mol. The largest absolute Gasteiger partial charge is 0.508 e. The van der Waals surface area contributed by atoms with Gasteiger partial charge in [0, 0.05) is 12.7 Å². The van der Waals surface area contributed by atoms with Crippen LogP contribution in [0.2, 0.25) is 0 Å². The summed E-state index contributed by atoms with van der Waals surface area (Å²) >= 11 is 0. The zero-order valence-corrected chi connectivity index (χ0v) is 20.0. The van der Waals surface area contributed by atoms with E-state index >= 15 is 0 Å². The second kappa shape index (κ2) is 11.3. The fraction of sp³-hybridized carbons (Fsp3) is 0.250. The molecule has 0 spiro atoms. The van der Waals surface area contributed by atoms with E-state index in [0.717, 1.165) is 24.8 Å². The number of phenolic OH excluding ortho intramolecular Hbond substituents is 1. The van der Waals surface area contributed by atoms with Gasteiger partial charge in [0.15, 0.2) is 6.10 Å². The molecule has 0 saturated carbocycles. The minimum absolute atomic E-state index is 0.0530. The van der Waals surface area contributed by atoms with Crippen LogP contribution in [0.3, 0.4) is 0 Å². The number of carbonyl (C=O) groups excluding carboxylic acids is 1. The van der Waals surface area contributed by atoms with Crippen molar-refractivity contribution in [2.45, 2.75) is 37.8 Å². The SMILES string of the molecule is C/C=C/c1ccc(O[C@@H](C)[C@H](OC(=O)[C@](OC)(c2ccccc2)C(F)(F)F)c2ccc(O)cc2)cc1. The van der Waals surface area contributed by atoms with Crippen LogP contribution in [0.4, 0.5) is 13.2 Å². The standard InChI is InChI=1S/C28H27F3O5/c1-4-8-20-11-17-24(18-12-20)35-19(2)25(21-13-15-23(32)16-14-21)36-26(33)27(34-3,28(29,30)31)22-9-6-5-7-10-22/h4-19,25,32H,1-3H3/b8-4+/t19-,25-,27+/m0/s1. The van der Waals surface area contributed by atoms with Crippen molar-refractivity contribution in [1.82, 2.24) is 0 Å². The molecule has 3 rings (SSSR count). The van der Waals surface area contributed by atoms with Crippen LogP contribution in [0.5, 0.6) is 11.5 Å². The maximum atomic E-state index is 14.4. The number of esters is 1. The average molecular weight is 501 g/mol. The van der Waals surface area contributed by atoms with Gasteiger partial charge in [0.1, 0.15) is 17.6 Å². The highest BCUT2D eigenvalue weighted by molar-refractivity contribution is 5.83.